The van der Waals surface area contributed by atoms with Crippen molar-refractivity contribution in [1.82, 2.24) is 4.72 Å². The molecule has 0 spiro atoms. The molecule has 0 aliphatic heterocycles. The molecule has 7 heteroatoms. The Hall–Kier alpha value is -2.38. The number of methoxy groups -OCH3 is 1. The van der Waals surface area contributed by atoms with E-state index in [2.05, 4.69) is 10.0 Å². The molecular weight excluding hydrogens is 364 g/mol. The van der Waals surface area contributed by atoms with Gasteiger partial charge in [0.1, 0.15) is 10.6 Å². The summed E-state index contributed by atoms with van der Waals surface area (Å²) in [4.78, 5) is 12.6. The van der Waals surface area contributed by atoms with Gasteiger partial charge in [-0.25, -0.2) is 13.1 Å². The molecule has 0 aliphatic carbocycles. The van der Waals surface area contributed by atoms with Crippen LogP contribution in [0.5, 0.6) is 5.75 Å². The third kappa shape index (κ3) is 5.08. The summed E-state index contributed by atoms with van der Waals surface area (Å²) < 4.78 is 33.3. The van der Waals surface area contributed by atoms with E-state index in [9.17, 15) is 13.2 Å². The van der Waals surface area contributed by atoms with Crippen LogP contribution in [0.15, 0.2) is 41.3 Å². The Morgan fingerprint density at radius 3 is 2.15 bits per heavy atom. The summed E-state index contributed by atoms with van der Waals surface area (Å²) in [5.41, 5.74) is 2.14. The fourth-order valence-corrected chi connectivity index (χ4v) is 4.30. The molecule has 0 radical (unpaired) electrons. The maximum absolute atomic E-state index is 12.7. The minimum atomic E-state index is -3.86. The zero-order valence-electron chi connectivity index (χ0n) is 16.5. The number of nitrogens with one attached hydrogen (secondary N) is 2. The number of sulfonamides is 1. The monoisotopic (exact) mass is 390 g/mol. The molecule has 1 amide bonds. The lowest BCUT2D eigenvalue weighted by atomic mass is 10.1. The Morgan fingerprint density at radius 2 is 1.63 bits per heavy atom. The van der Waals surface area contributed by atoms with Gasteiger partial charge < -0.3 is 10.1 Å². The molecule has 0 aromatic heterocycles. The quantitative estimate of drug-likeness (QED) is 0.816. The van der Waals surface area contributed by atoms with Gasteiger partial charge in [-0.2, -0.15) is 0 Å². The lowest BCUT2D eigenvalue weighted by Gasteiger charge is -2.21. The molecule has 0 atom stereocenters. The molecule has 27 heavy (non-hydrogen) atoms. The molecule has 0 saturated heterocycles. The summed E-state index contributed by atoms with van der Waals surface area (Å²) in [5.74, 6) is -0.211. The second-order valence-electron chi connectivity index (χ2n) is 7.44. The van der Waals surface area contributed by atoms with Crippen molar-refractivity contribution in [2.75, 3.05) is 12.4 Å². The highest BCUT2D eigenvalue weighted by molar-refractivity contribution is 7.89. The molecule has 2 N–H and O–H groups in total. The fraction of sp³-hybridized carbons (Fsp3) is 0.350. The Bertz CT molecular complexity index is 940. The molecule has 0 unspecified atom stereocenters. The number of para-hydroxylation sites is 1. The van der Waals surface area contributed by atoms with Gasteiger partial charge in [0, 0.05) is 16.8 Å². The first-order valence-electron chi connectivity index (χ1n) is 8.54. The summed E-state index contributed by atoms with van der Waals surface area (Å²) in [6.45, 7) is 9.04. The molecule has 0 heterocycles. The first-order chi connectivity index (χ1) is 12.4. The fourth-order valence-electron chi connectivity index (χ4n) is 2.68. The Labute approximate surface area is 161 Å². The van der Waals surface area contributed by atoms with Gasteiger partial charge in [-0.05, 0) is 63.9 Å². The number of benzene rings is 2. The zero-order valence-corrected chi connectivity index (χ0v) is 17.3. The standard InChI is InChI=1S/C20H26N2O4S/c1-13-8-7-9-14(2)18(13)21-19(23)15-10-11-16(26-6)17(12-15)27(24,25)22-20(3,4)5/h7-12,22H,1-6H3,(H,21,23). The summed E-state index contributed by atoms with van der Waals surface area (Å²) in [7, 11) is -2.47. The lowest BCUT2D eigenvalue weighted by Crippen LogP contribution is -2.40. The zero-order chi connectivity index (χ0) is 20.4. The van der Waals surface area contributed by atoms with E-state index >= 15 is 0 Å². The average Bonchev–Trinajstić information content (AvgIpc) is 2.55. The summed E-state index contributed by atoms with van der Waals surface area (Å²) in [6.07, 6.45) is 0. The topological polar surface area (TPSA) is 84.5 Å². The van der Waals surface area contributed by atoms with Gasteiger partial charge in [-0.1, -0.05) is 18.2 Å². The van der Waals surface area contributed by atoms with Crippen molar-refractivity contribution in [3.8, 4) is 5.75 Å². The maximum Gasteiger partial charge on any atom is 0.255 e. The number of aryl methyl sites for hydroxylation is 2. The van der Waals surface area contributed by atoms with Crippen LogP contribution in [0, 0.1) is 13.8 Å². The van der Waals surface area contributed by atoms with Gasteiger partial charge in [0.25, 0.3) is 5.91 Å². The second kappa shape index (κ2) is 7.70. The summed E-state index contributed by atoms with van der Waals surface area (Å²) in [6, 6.07) is 10.1. The van der Waals surface area contributed by atoms with Crippen LogP contribution in [-0.4, -0.2) is 27.0 Å². The Kier molecular flexibility index (Phi) is 5.97. The minimum absolute atomic E-state index is 0.0749. The molecule has 0 aliphatic rings. The third-order valence-corrected chi connectivity index (χ3v) is 5.65. The minimum Gasteiger partial charge on any atom is -0.495 e. The first kappa shape index (κ1) is 20.9. The van der Waals surface area contributed by atoms with Gasteiger partial charge in [-0.15, -0.1) is 0 Å². The van der Waals surface area contributed by atoms with E-state index in [1.807, 2.05) is 32.0 Å². The van der Waals surface area contributed by atoms with Gasteiger partial charge in [-0.3, -0.25) is 4.79 Å². The van der Waals surface area contributed by atoms with Gasteiger partial charge in [0.05, 0.1) is 7.11 Å². The van der Waals surface area contributed by atoms with Crippen molar-refractivity contribution in [2.24, 2.45) is 0 Å². The van der Waals surface area contributed by atoms with Crippen LogP contribution in [-0.2, 0) is 10.0 Å². The van der Waals surface area contributed by atoms with Crippen LogP contribution >= 0.6 is 0 Å². The van der Waals surface area contributed by atoms with E-state index in [0.29, 0.717) is 0 Å². The van der Waals surface area contributed by atoms with E-state index in [1.165, 1.54) is 25.3 Å². The number of carbonyl (C=O) groups is 1. The average molecular weight is 391 g/mol. The molecule has 0 bridgehead atoms. The Balaban J connectivity index is 2.43. The number of amides is 1. The van der Waals surface area contributed by atoms with Gasteiger partial charge in [0.15, 0.2) is 0 Å². The highest BCUT2D eigenvalue weighted by Crippen LogP contribution is 2.27. The number of anilines is 1. The lowest BCUT2D eigenvalue weighted by molar-refractivity contribution is 0.102. The van der Waals surface area contributed by atoms with Crippen LogP contribution in [0.3, 0.4) is 0 Å². The van der Waals surface area contributed by atoms with E-state index in [0.717, 1.165) is 16.8 Å². The number of rotatable bonds is 5. The molecule has 2 aromatic rings. The summed E-state index contributed by atoms with van der Waals surface area (Å²) >= 11 is 0. The smallest absolute Gasteiger partial charge is 0.255 e. The van der Waals surface area contributed by atoms with Crippen LogP contribution in [0.4, 0.5) is 5.69 Å². The highest BCUT2D eigenvalue weighted by atomic mass is 32.2. The van der Waals surface area contributed by atoms with Gasteiger partial charge in [0.2, 0.25) is 10.0 Å². The number of hydrogen-bond acceptors (Lipinski definition) is 4. The maximum atomic E-state index is 12.7. The highest BCUT2D eigenvalue weighted by Gasteiger charge is 2.26. The van der Waals surface area contributed by atoms with Crippen LogP contribution in [0.1, 0.15) is 42.3 Å². The van der Waals surface area contributed by atoms with Crippen molar-refractivity contribution in [1.29, 1.82) is 0 Å². The van der Waals surface area contributed by atoms with E-state index < -0.39 is 15.6 Å². The van der Waals surface area contributed by atoms with Crippen molar-refractivity contribution in [3.63, 3.8) is 0 Å². The SMILES string of the molecule is COc1ccc(C(=O)Nc2c(C)cccc2C)cc1S(=O)(=O)NC(C)(C)C. The molecule has 0 fully saturated rings. The van der Waals surface area contributed by atoms with Gasteiger partial charge >= 0.3 is 0 Å². The van der Waals surface area contributed by atoms with Crippen LogP contribution < -0.4 is 14.8 Å². The predicted molar refractivity (Wildman–Crippen MR) is 107 cm³/mol. The van der Waals surface area contributed by atoms with E-state index in [1.54, 1.807) is 20.8 Å². The first-order valence-corrected chi connectivity index (χ1v) is 10.0. The number of ether oxygens (including phenoxy) is 1. The molecule has 146 valence electrons. The second-order valence-corrected chi connectivity index (χ2v) is 9.09. The van der Waals surface area contributed by atoms with Crippen molar-refractivity contribution < 1.29 is 17.9 Å². The normalized spacial score (nSPS) is 11.9. The molecule has 2 rings (SSSR count). The molecular formula is C20H26N2O4S. The number of hydrogen-bond donors (Lipinski definition) is 2. The largest absolute Gasteiger partial charge is 0.495 e. The van der Waals surface area contributed by atoms with Crippen molar-refractivity contribution in [2.45, 2.75) is 45.1 Å². The molecule has 2 aromatic carbocycles. The number of carbonyl (C=O) groups excluding carboxylic acids is 1. The van der Waals surface area contributed by atoms with Crippen molar-refractivity contribution in [3.05, 3.63) is 53.1 Å². The van der Waals surface area contributed by atoms with Crippen LogP contribution in [0.25, 0.3) is 0 Å². The molecule has 0 saturated carbocycles. The molecule has 6 nitrogen and oxygen atoms in total. The van der Waals surface area contributed by atoms with Crippen LogP contribution in [0.2, 0.25) is 0 Å². The summed E-state index contributed by atoms with van der Waals surface area (Å²) in [5, 5.41) is 2.86. The predicted octanol–water partition coefficient (Wildman–Crippen LogP) is 3.64. The van der Waals surface area contributed by atoms with E-state index in [4.69, 9.17) is 4.74 Å². The third-order valence-electron chi connectivity index (χ3n) is 3.88. The van der Waals surface area contributed by atoms with Crippen molar-refractivity contribution >= 4 is 21.6 Å². The Morgan fingerprint density at radius 1 is 1.04 bits per heavy atom. The van der Waals surface area contributed by atoms with E-state index in [-0.39, 0.29) is 22.1 Å².